The van der Waals surface area contributed by atoms with Crippen molar-refractivity contribution in [3.63, 3.8) is 0 Å². The van der Waals surface area contributed by atoms with Crippen molar-refractivity contribution >= 4 is 11.3 Å². The summed E-state index contributed by atoms with van der Waals surface area (Å²) in [6.07, 6.45) is 0.617. The Hall–Kier alpha value is -2.09. The summed E-state index contributed by atoms with van der Waals surface area (Å²) in [5.74, 6) is 1.41. The standard InChI is InChI=1S/C19H23N5OS/c1-12-4-6-14(7-5-12)18-16(26-13(2)21-18)10-17-22-19(23-25-17)15-11-20-8-9-24(15)3/h4-7,15,20H,8-11H2,1-3H3. The second-order valence-electron chi connectivity index (χ2n) is 6.79. The van der Waals surface area contributed by atoms with E-state index in [1.807, 2.05) is 6.92 Å². The molecule has 0 bridgehead atoms. The fourth-order valence-electron chi connectivity index (χ4n) is 3.23. The third kappa shape index (κ3) is 3.56. The molecule has 6 nitrogen and oxygen atoms in total. The first-order valence-electron chi connectivity index (χ1n) is 8.87. The van der Waals surface area contributed by atoms with E-state index >= 15 is 0 Å². The van der Waals surface area contributed by atoms with Crippen molar-refractivity contribution in [3.05, 3.63) is 51.4 Å². The Kier molecular flexibility index (Phi) is 4.84. The number of nitrogens with one attached hydrogen (secondary N) is 1. The van der Waals surface area contributed by atoms with Crippen LogP contribution < -0.4 is 5.32 Å². The van der Waals surface area contributed by atoms with Gasteiger partial charge in [-0.3, -0.25) is 4.90 Å². The van der Waals surface area contributed by atoms with E-state index in [1.54, 1.807) is 11.3 Å². The Morgan fingerprint density at radius 2 is 2.04 bits per heavy atom. The molecule has 7 heteroatoms. The van der Waals surface area contributed by atoms with Crippen LogP contribution >= 0.6 is 11.3 Å². The number of thiazole rings is 1. The van der Waals surface area contributed by atoms with Gasteiger partial charge in [0, 0.05) is 30.1 Å². The van der Waals surface area contributed by atoms with Crippen molar-refractivity contribution in [2.24, 2.45) is 0 Å². The Balaban J connectivity index is 1.57. The average Bonchev–Trinajstić information content (AvgIpc) is 3.23. The molecule has 4 rings (SSSR count). The van der Waals surface area contributed by atoms with Gasteiger partial charge in [-0.1, -0.05) is 35.0 Å². The van der Waals surface area contributed by atoms with Crippen LogP contribution in [0.5, 0.6) is 0 Å². The van der Waals surface area contributed by atoms with Gasteiger partial charge < -0.3 is 9.84 Å². The molecule has 26 heavy (non-hydrogen) atoms. The van der Waals surface area contributed by atoms with Crippen LogP contribution in [0.2, 0.25) is 0 Å². The predicted molar refractivity (Wildman–Crippen MR) is 102 cm³/mol. The summed E-state index contributed by atoms with van der Waals surface area (Å²) in [6, 6.07) is 8.64. The van der Waals surface area contributed by atoms with Crippen molar-refractivity contribution in [3.8, 4) is 11.3 Å². The highest BCUT2D eigenvalue weighted by molar-refractivity contribution is 7.12. The van der Waals surface area contributed by atoms with E-state index < -0.39 is 0 Å². The topological polar surface area (TPSA) is 67.1 Å². The van der Waals surface area contributed by atoms with E-state index in [9.17, 15) is 0 Å². The molecule has 3 aromatic rings. The lowest BCUT2D eigenvalue weighted by Gasteiger charge is -2.30. The second-order valence-corrected chi connectivity index (χ2v) is 8.08. The number of likely N-dealkylation sites (N-methyl/N-ethyl adjacent to an activating group) is 1. The van der Waals surface area contributed by atoms with Crippen LogP contribution in [-0.4, -0.2) is 46.7 Å². The zero-order chi connectivity index (χ0) is 18.1. The Morgan fingerprint density at radius 1 is 1.23 bits per heavy atom. The molecule has 1 atom stereocenters. The first kappa shape index (κ1) is 17.3. The van der Waals surface area contributed by atoms with Crippen molar-refractivity contribution in [1.82, 2.24) is 25.3 Å². The van der Waals surface area contributed by atoms with Gasteiger partial charge in [0.25, 0.3) is 0 Å². The third-order valence-corrected chi connectivity index (χ3v) is 5.70. The second kappa shape index (κ2) is 7.26. The van der Waals surface area contributed by atoms with Crippen molar-refractivity contribution in [1.29, 1.82) is 0 Å². The predicted octanol–water partition coefficient (Wildman–Crippen LogP) is 2.98. The fourth-order valence-corrected chi connectivity index (χ4v) is 4.18. The Bertz CT molecular complexity index is 886. The van der Waals surface area contributed by atoms with E-state index in [2.05, 4.69) is 58.6 Å². The van der Waals surface area contributed by atoms with Crippen LogP contribution in [0.4, 0.5) is 0 Å². The van der Waals surface area contributed by atoms with Gasteiger partial charge in [-0.05, 0) is 20.9 Å². The lowest BCUT2D eigenvalue weighted by atomic mass is 10.1. The van der Waals surface area contributed by atoms with Crippen LogP contribution in [0.15, 0.2) is 28.8 Å². The Morgan fingerprint density at radius 3 is 2.81 bits per heavy atom. The van der Waals surface area contributed by atoms with Crippen LogP contribution in [0.3, 0.4) is 0 Å². The SMILES string of the molecule is Cc1ccc(-c2nc(C)sc2Cc2nc(C3CNCCN3C)no2)cc1. The maximum absolute atomic E-state index is 5.55. The van der Waals surface area contributed by atoms with Gasteiger partial charge in [-0.25, -0.2) is 4.98 Å². The summed E-state index contributed by atoms with van der Waals surface area (Å²) >= 11 is 1.69. The van der Waals surface area contributed by atoms with Crippen LogP contribution in [0.1, 0.15) is 33.2 Å². The number of hydrogen-bond acceptors (Lipinski definition) is 7. The van der Waals surface area contributed by atoms with Crippen LogP contribution in [-0.2, 0) is 6.42 Å². The molecule has 1 aromatic carbocycles. The zero-order valence-corrected chi connectivity index (χ0v) is 16.1. The molecule has 0 aliphatic carbocycles. The van der Waals surface area contributed by atoms with Gasteiger partial charge >= 0.3 is 0 Å². The number of rotatable bonds is 4. The maximum atomic E-state index is 5.55. The zero-order valence-electron chi connectivity index (χ0n) is 15.3. The van der Waals surface area contributed by atoms with Gasteiger partial charge in [0.1, 0.15) is 0 Å². The van der Waals surface area contributed by atoms with Crippen molar-refractivity contribution < 1.29 is 4.52 Å². The third-order valence-electron chi connectivity index (χ3n) is 4.73. The van der Waals surface area contributed by atoms with E-state index in [-0.39, 0.29) is 6.04 Å². The summed E-state index contributed by atoms with van der Waals surface area (Å²) in [4.78, 5) is 12.8. The molecule has 1 unspecified atom stereocenters. The molecular formula is C19H23N5OS. The molecule has 0 radical (unpaired) electrons. The molecule has 1 N–H and O–H groups in total. The lowest BCUT2D eigenvalue weighted by molar-refractivity contribution is 0.190. The largest absolute Gasteiger partial charge is 0.339 e. The quantitative estimate of drug-likeness (QED) is 0.763. The minimum Gasteiger partial charge on any atom is -0.339 e. The summed E-state index contributed by atoms with van der Waals surface area (Å²) in [5, 5.41) is 8.66. The van der Waals surface area contributed by atoms with Gasteiger partial charge in [0.05, 0.1) is 23.2 Å². The molecule has 136 valence electrons. The number of piperazine rings is 1. The van der Waals surface area contributed by atoms with E-state index in [1.165, 1.54) is 5.56 Å². The Labute approximate surface area is 157 Å². The number of hydrogen-bond donors (Lipinski definition) is 1. The molecule has 0 amide bonds. The van der Waals surface area contributed by atoms with Gasteiger partial charge in [0.15, 0.2) is 5.82 Å². The monoisotopic (exact) mass is 369 g/mol. The molecule has 1 aliphatic heterocycles. The van der Waals surface area contributed by atoms with E-state index in [4.69, 9.17) is 9.51 Å². The number of aromatic nitrogens is 3. The van der Waals surface area contributed by atoms with Gasteiger partial charge in [0.2, 0.25) is 5.89 Å². The van der Waals surface area contributed by atoms with E-state index in [0.717, 1.165) is 46.6 Å². The molecule has 1 saturated heterocycles. The van der Waals surface area contributed by atoms with Crippen molar-refractivity contribution in [2.75, 3.05) is 26.7 Å². The molecule has 1 aliphatic rings. The average molecular weight is 369 g/mol. The number of benzene rings is 1. The highest BCUT2D eigenvalue weighted by Crippen LogP contribution is 2.30. The molecule has 3 heterocycles. The van der Waals surface area contributed by atoms with Crippen LogP contribution in [0, 0.1) is 13.8 Å². The number of nitrogens with zero attached hydrogens (tertiary/aromatic N) is 4. The summed E-state index contributed by atoms with van der Waals surface area (Å²) in [6.45, 7) is 6.96. The fraction of sp³-hybridized carbons (Fsp3) is 0.421. The molecular weight excluding hydrogens is 346 g/mol. The number of aryl methyl sites for hydroxylation is 2. The highest BCUT2D eigenvalue weighted by atomic mass is 32.1. The molecule has 2 aromatic heterocycles. The minimum absolute atomic E-state index is 0.168. The van der Waals surface area contributed by atoms with E-state index in [0.29, 0.717) is 12.3 Å². The molecule has 0 saturated carbocycles. The highest BCUT2D eigenvalue weighted by Gasteiger charge is 2.25. The first-order chi connectivity index (χ1) is 12.6. The molecule has 1 fully saturated rings. The minimum atomic E-state index is 0.168. The summed E-state index contributed by atoms with van der Waals surface area (Å²) in [5.41, 5.74) is 3.39. The smallest absolute Gasteiger partial charge is 0.232 e. The first-order valence-corrected chi connectivity index (χ1v) is 9.68. The van der Waals surface area contributed by atoms with Gasteiger partial charge in [-0.15, -0.1) is 11.3 Å². The lowest BCUT2D eigenvalue weighted by Crippen LogP contribution is -2.44. The van der Waals surface area contributed by atoms with Crippen molar-refractivity contribution in [2.45, 2.75) is 26.3 Å². The maximum Gasteiger partial charge on any atom is 0.232 e. The summed E-state index contributed by atoms with van der Waals surface area (Å²) in [7, 11) is 2.10. The van der Waals surface area contributed by atoms with Crippen LogP contribution in [0.25, 0.3) is 11.3 Å². The molecule has 0 spiro atoms. The normalized spacial score (nSPS) is 18.3. The van der Waals surface area contributed by atoms with Gasteiger partial charge in [-0.2, -0.15) is 4.98 Å². The summed E-state index contributed by atoms with van der Waals surface area (Å²) < 4.78 is 5.55.